The summed E-state index contributed by atoms with van der Waals surface area (Å²) < 4.78 is 5.54. The second-order valence-corrected chi connectivity index (χ2v) is 8.12. The number of carboxylic acid groups (broad SMARTS) is 1. The van der Waals surface area contributed by atoms with Gasteiger partial charge in [-0.15, -0.1) is 6.58 Å². The quantitative estimate of drug-likeness (QED) is 0.408. The van der Waals surface area contributed by atoms with Crippen LogP contribution in [0.3, 0.4) is 0 Å². The number of ether oxygens (including phenoxy) is 1. The van der Waals surface area contributed by atoms with E-state index in [1.807, 2.05) is 36.4 Å². The summed E-state index contributed by atoms with van der Waals surface area (Å²) in [5, 5.41) is 14.3. The number of nitrogens with one attached hydrogen (secondary N) is 2. The summed E-state index contributed by atoms with van der Waals surface area (Å²) in [5.41, 5.74) is 5.01. The van der Waals surface area contributed by atoms with Crippen molar-refractivity contribution in [3.63, 3.8) is 0 Å². The van der Waals surface area contributed by atoms with Crippen molar-refractivity contribution in [2.75, 3.05) is 6.61 Å². The van der Waals surface area contributed by atoms with Gasteiger partial charge in [0.1, 0.15) is 18.3 Å². The van der Waals surface area contributed by atoms with Crippen molar-refractivity contribution in [1.29, 1.82) is 0 Å². The van der Waals surface area contributed by atoms with Crippen LogP contribution in [0.5, 0.6) is 0 Å². The van der Waals surface area contributed by atoms with E-state index in [9.17, 15) is 14.4 Å². The van der Waals surface area contributed by atoms with Crippen molar-refractivity contribution < 1.29 is 24.2 Å². The summed E-state index contributed by atoms with van der Waals surface area (Å²) in [6.07, 6.45) is 2.44. The van der Waals surface area contributed by atoms with E-state index in [-0.39, 0.29) is 31.2 Å². The standard InChI is InChI=1S/C27H25N3O5/c1-2-7-23(25(31)29-15-17-12-13-24(26(32)33)28-14-17)30-27(34)35-16-22-20-10-5-3-8-18(20)19-9-4-6-11-21(19)22/h2-6,8-14,22-23H,1,7,15-16H2,(H,29,31)(H,30,34)(H,32,33). The summed E-state index contributed by atoms with van der Waals surface area (Å²) in [6, 6.07) is 18.2. The van der Waals surface area contributed by atoms with Crippen molar-refractivity contribution >= 4 is 18.0 Å². The van der Waals surface area contributed by atoms with Gasteiger partial charge < -0.3 is 20.5 Å². The maximum Gasteiger partial charge on any atom is 0.407 e. The Hall–Kier alpha value is -4.46. The maximum atomic E-state index is 12.7. The van der Waals surface area contributed by atoms with Crippen LogP contribution >= 0.6 is 0 Å². The second-order valence-electron chi connectivity index (χ2n) is 8.12. The molecule has 0 fully saturated rings. The molecule has 0 spiro atoms. The van der Waals surface area contributed by atoms with E-state index < -0.39 is 24.0 Å². The van der Waals surface area contributed by atoms with E-state index in [1.54, 1.807) is 6.07 Å². The molecule has 35 heavy (non-hydrogen) atoms. The van der Waals surface area contributed by atoms with Gasteiger partial charge in [0, 0.05) is 18.7 Å². The van der Waals surface area contributed by atoms with Crippen molar-refractivity contribution in [2.24, 2.45) is 0 Å². The molecule has 1 aromatic heterocycles. The number of fused-ring (bicyclic) bond motifs is 3. The van der Waals surface area contributed by atoms with Crippen molar-refractivity contribution in [2.45, 2.75) is 24.9 Å². The number of aromatic nitrogens is 1. The molecule has 4 rings (SSSR count). The number of carbonyl (C=O) groups excluding carboxylic acids is 2. The fourth-order valence-corrected chi connectivity index (χ4v) is 4.15. The van der Waals surface area contributed by atoms with Gasteiger partial charge in [-0.25, -0.2) is 14.6 Å². The fourth-order valence-electron chi connectivity index (χ4n) is 4.15. The highest BCUT2D eigenvalue weighted by Gasteiger charge is 2.29. The number of hydrogen-bond acceptors (Lipinski definition) is 5. The number of rotatable bonds is 9. The van der Waals surface area contributed by atoms with Gasteiger partial charge in [0.2, 0.25) is 5.91 Å². The number of amides is 2. The van der Waals surface area contributed by atoms with Gasteiger partial charge in [-0.05, 0) is 40.3 Å². The number of pyridine rings is 1. The SMILES string of the molecule is C=CCC(NC(=O)OCC1c2ccccc2-c2ccccc21)C(=O)NCc1ccc(C(=O)O)nc1. The first kappa shape index (κ1) is 23.7. The van der Waals surface area contributed by atoms with Crippen LogP contribution in [0.15, 0.2) is 79.5 Å². The first-order chi connectivity index (χ1) is 17.0. The lowest BCUT2D eigenvalue weighted by Crippen LogP contribution is -2.46. The van der Waals surface area contributed by atoms with Crippen LogP contribution in [-0.4, -0.2) is 40.7 Å². The van der Waals surface area contributed by atoms with Gasteiger partial charge in [-0.2, -0.15) is 0 Å². The first-order valence-corrected chi connectivity index (χ1v) is 11.2. The zero-order chi connectivity index (χ0) is 24.8. The molecule has 2 aromatic carbocycles. The Morgan fingerprint density at radius 2 is 1.69 bits per heavy atom. The van der Waals surface area contributed by atoms with Crippen molar-refractivity contribution in [3.05, 3.63) is 102 Å². The monoisotopic (exact) mass is 471 g/mol. The van der Waals surface area contributed by atoms with Crippen LogP contribution in [0.1, 0.15) is 39.5 Å². The van der Waals surface area contributed by atoms with E-state index in [1.165, 1.54) is 18.3 Å². The van der Waals surface area contributed by atoms with Crippen LogP contribution in [0.4, 0.5) is 4.79 Å². The molecule has 1 unspecified atom stereocenters. The molecule has 1 heterocycles. The topological polar surface area (TPSA) is 118 Å². The van der Waals surface area contributed by atoms with Gasteiger partial charge in [0.25, 0.3) is 0 Å². The number of carbonyl (C=O) groups is 3. The molecule has 0 saturated carbocycles. The van der Waals surface area contributed by atoms with E-state index in [2.05, 4.69) is 34.3 Å². The number of hydrogen-bond donors (Lipinski definition) is 3. The number of alkyl carbamates (subject to hydrolysis) is 1. The van der Waals surface area contributed by atoms with Crippen LogP contribution in [0.2, 0.25) is 0 Å². The molecule has 178 valence electrons. The molecule has 0 saturated heterocycles. The van der Waals surface area contributed by atoms with E-state index in [0.717, 1.165) is 22.3 Å². The Kier molecular flexibility index (Phi) is 7.21. The third kappa shape index (κ3) is 5.38. The molecular formula is C27H25N3O5. The second kappa shape index (κ2) is 10.6. The molecular weight excluding hydrogens is 446 g/mol. The van der Waals surface area contributed by atoms with E-state index >= 15 is 0 Å². The van der Waals surface area contributed by atoms with Crippen LogP contribution in [0, 0.1) is 0 Å². The smallest absolute Gasteiger partial charge is 0.407 e. The first-order valence-electron chi connectivity index (χ1n) is 11.2. The van der Waals surface area contributed by atoms with Crippen LogP contribution in [0.25, 0.3) is 11.1 Å². The number of benzene rings is 2. The third-order valence-corrected chi connectivity index (χ3v) is 5.87. The highest BCUT2D eigenvalue weighted by atomic mass is 16.5. The number of aromatic carboxylic acids is 1. The lowest BCUT2D eigenvalue weighted by molar-refractivity contribution is -0.123. The molecule has 8 heteroatoms. The zero-order valence-electron chi connectivity index (χ0n) is 18.9. The maximum absolute atomic E-state index is 12.7. The Morgan fingerprint density at radius 1 is 1.03 bits per heavy atom. The lowest BCUT2D eigenvalue weighted by atomic mass is 9.98. The van der Waals surface area contributed by atoms with E-state index in [0.29, 0.717) is 5.56 Å². The molecule has 3 aromatic rings. The third-order valence-electron chi connectivity index (χ3n) is 5.87. The molecule has 3 N–H and O–H groups in total. The van der Waals surface area contributed by atoms with Gasteiger partial charge >= 0.3 is 12.1 Å². The summed E-state index contributed by atoms with van der Waals surface area (Å²) in [5.74, 6) is -1.62. The Labute approximate surface area is 202 Å². The number of carboxylic acids is 1. The molecule has 0 bridgehead atoms. The minimum atomic E-state index is -1.13. The highest BCUT2D eigenvalue weighted by molar-refractivity contribution is 5.86. The number of nitrogens with zero attached hydrogens (tertiary/aromatic N) is 1. The summed E-state index contributed by atoms with van der Waals surface area (Å²) in [7, 11) is 0. The average Bonchev–Trinajstić information content (AvgIpc) is 3.19. The molecule has 8 nitrogen and oxygen atoms in total. The Bertz CT molecular complexity index is 1210. The molecule has 1 atom stereocenters. The predicted octanol–water partition coefficient (Wildman–Crippen LogP) is 3.88. The van der Waals surface area contributed by atoms with Crippen molar-refractivity contribution in [3.8, 4) is 11.1 Å². The van der Waals surface area contributed by atoms with Gasteiger partial charge in [-0.1, -0.05) is 60.7 Å². The Balaban J connectivity index is 1.34. The molecule has 1 aliphatic carbocycles. The largest absolute Gasteiger partial charge is 0.477 e. The molecule has 1 aliphatic rings. The fraction of sp³-hybridized carbons (Fsp3) is 0.185. The zero-order valence-corrected chi connectivity index (χ0v) is 18.9. The minimum Gasteiger partial charge on any atom is -0.477 e. The molecule has 2 amide bonds. The van der Waals surface area contributed by atoms with Gasteiger partial charge in [-0.3, -0.25) is 4.79 Å². The molecule has 0 aliphatic heterocycles. The Morgan fingerprint density at radius 3 is 2.26 bits per heavy atom. The molecule has 0 radical (unpaired) electrons. The van der Waals surface area contributed by atoms with E-state index in [4.69, 9.17) is 9.84 Å². The summed E-state index contributed by atoms with van der Waals surface area (Å²) in [6.45, 7) is 3.93. The normalized spacial score (nSPS) is 12.7. The van der Waals surface area contributed by atoms with Gasteiger partial charge in [0.15, 0.2) is 0 Å². The highest BCUT2D eigenvalue weighted by Crippen LogP contribution is 2.44. The average molecular weight is 472 g/mol. The van der Waals surface area contributed by atoms with Gasteiger partial charge in [0.05, 0.1) is 0 Å². The lowest BCUT2D eigenvalue weighted by Gasteiger charge is -2.19. The summed E-state index contributed by atoms with van der Waals surface area (Å²) in [4.78, 5) is 40.0. The predicted molar refractivity (Wildman–Crippen MR) is 130 cm³/mol. The summed E-state index contributed by atoms with van der Waals surface area (Å²) >= 11 is 0. The minimum absolute atomic E-state index is 0.0819. The van der Waals surface area contributed by atoms with Crippen LogP contribution in [-0.2, 0) is 16.1 Å². The van der Waals surface area contributed by atoms with Crippen LogP contribution < -0.4 is 10.6 Å². The van der Waals surface area contributed by atoms with Crippen molar-refractivity contribution in [1.82, 2.24) is 15.6 Å².